The number of ether oxygens (including phenoxy) is 2. The minimum Gasteiger partial charge on any atom is -0.423 e. The average Bonchev–Trinajstić information content (AvgIpc) is 3.68. The Kier molecular flexibility index (Phi) is 9.43. The number of hydrogen-bond donors (Lipinski definition) is 0. The van der Waals surface area contributed by atoms with Crippen LogP contribution in [0.4, 0.5) is 13.2 Å². The number of carbonyl (C=O) groups is 1. The molecular weight excluding hydrogens is 545 g/mol. The summed E-state index contributed by atoms with van der Waals surface area (Å²) in [7, 11) is 0. The van der Waals surface area contributed by atoms with Crippen molar-refractivity contribution in [3.8, 4) is 5.75 Å². The molecular formula is C30H30BrF3O3. The highest BCUT2D eigenvalue weighted by atomic mass is 79.9. The van der Waals surface area contributed by atoms with Gasteiger partial charge in [0, 0.05) is 0 Å². The first kappa shape index (κ1) is 27.4. The highest BCUT2D eigenvalue weighted by Gasteiger charge is 2.48. The van der Waals surface area contributed by atoms with Crippen molar-refractivity contribution in [2.45, 2.75) is 69.8 Å². The number of esters is 1. The van der Waals surface area contributed by atoms with E-state index in [0.29, 0.717) is 12.2 Å². The number of epoxide rings is 1. The highest BCUT2D eigenvalue weighted by Crippen LogP contribution is 2.42. The Morgan fingerprint density at radius 3 is 2.27 bits per heavy atom. The molecule has 196 valence electrons. The summed E-state index contributed by atoms with van der Waals surface area (Å²) >= 11 is 3.39. The Labute approximate surface area is 224 Å². The summed E-state index contributed by atoms with van der Waals surface area (Å²) in [6.45, 7) is 0. The lowest BCUT2D eigenvalue weighted by molar-refractivity contribution is -0.138. The van der Waals surface area contributed by atoms with Gasteiger partial charge >= 0.3 is 12.1 Å². The molecule has 1 aliphatic heterocycles. The summed E-state index contributed by atoms with van der Waals surface area (Å²) in [5, 5.41) is 0. The van der Waals surface area contributed by atoms with Gasteiger partial charge in [-0.05, 0) is 76.5 Å². The van der Waals surface area contributed by atoms with Gasteiger partial charge in [0.15, 0.2) is 6.10 Å². The molecule has 0 amide bonds. The Bertz CT molecular complexity index is 1190. The molecule has 0 aromatic heterocycles. The summed E-state index contributed by atoms with van der Waals surface area (Å²) in [6, 6.07) is 20.9. The monoisotopic (exact) mass is 574 g/mol. The van der Waals surface area contributed by atoms with Crippen LogP contribution in [0, 0.1) is 0 Å². The summed E-state index contributed by atoms with van der Waals surface area (Å²) in [6.07, 6.45) is 2.58. The van der Waals surface area contributed by atoms with Crippen molar-refractivity contribution < 1.29 is 27.4 Å². The number of aryl methyl sites for hydroxylation is 2. The van der Waals surface area contributed by atoms with E-state index in [1.54, 1.807) is 12.1 Å². The molecule has 3 aromatic rings. The van der Waals surface area contributed by atoms with Crippen molar-refractivity contribution in [1.82, 2.24) is 0 Å². The van der Waals surface area contributed by atoms with E-state index in [0.717, 1.165) is 66.6 Å². The largest absolute Gasteiger partial charge is 0.423 e. The van der Waals surface area contributed by atoms with Crippen LogP contribution < -0.4 is 4.74 Å². The van der Waals surface area contributed by atoms with Gasteiger partial charge < -0.3 is 9.47 Å². The van der Waals surface area contributed by atoms with Crippen molar-refractivity contribution in [3.63, 3.8) is 0 Å². The molecule has 0 bridgehead atoms. The second kappa shape index (κ2) is 12.7. The van der Waals surface area contributed by atoms with E-state index in [2.05, 4.69) is 22.0 Å². The number of para-hydroxylation sites is 1. The van der Waals surface area contributed by atoms with Crippen LogP contribution in [-0.4, -0.2) is 12.1 Å². The fourth-order valence-corrected chi connectivity index (χ4v) is 4.88. The molecule has 2 atom stereocenters. The maximum atomic E-state index is 12.8. The highest BCUT2D eigenvalue weighted by molar-refractivity contribution is 9.10. The zero-order valence-corrected chi connectivity index (χ0v) is 22.1. The first-order valence-electron chi connectivity index (χ1n) is 12.7. The maximum Gasteiger partial charge on any atom is 0.416 e. The van der Waals surface area contributed by atoms with Crippen molar-refractivity contribution in [1.29, 1.82) is 0 Å². The number of alkyl halides is 3. The van der Waals surface area contributed by atoms with Gasteiger partial charge in [-0.25, -0.2) is 4.79 Å². The van der Waals surface area contributed by atoms with E-state index in [-0.39, 0.29) is 6.10 Å². The third-order valence-corrected chi connectivity index (χ3v) is 7.20. The van der Waals surface area contributed by atoms with E-state index in [1.807, 2.05) is 36.4 Å². The molecule has 0 unspecified atom stereocenters. The van der Waals surface area contributed by atoms with Gasteiger partial charge in [0.05, 0.1) is 10.0 Å². The lowest BCUT2D eigenvalue weighted by Gasteiger charge is -2.09. The predicted octanol–water partition coefficient (Wildman–Crippen LogP) is 8.64. The zero-order valence-electron chi connectivity index (χ0n) is 20.5. The Hall–Kier alpha value is -2.64. The molecule has 37 heavy (non-hydrogen) atoms. The minimum atomic E-state index is -4.29. The van der Waals surface area contributed by atoms with E-state index in [9.17, 15) is 18.0 Å². The molecule has 0 radical (unpaired) electrons. The minimum absolute atomic E-state index is 0.276. The molecule has 7 heteroatoms. The van der Waals surface area contributed by atoms with Crippen LogP contribution >= 0.6 is 15.9 Å². The molecule has 1 heterocycles. The molecule has 1 fully saturated rings. The smallest absolute Gasteiger partial charge is 0.416 e. The van der Waals surface area contributed by atoms with Crippen molar-refractivity contribution in [2.75, 3.05) is 0 Å². The number of carbonyl (C=O) groups excluding carboxylic acids is 1. The van der Waals surface area contributed by atoms with Crippen molar-refractivity contribution in [3.05, 3.63) is 99.5 Å². The van der Waals surface area contributed by atoms with Gasteiger partial charge in [0.25, 0.3) is 0 Å². The van der Waals surface area contributed by atoms with E-state index in [4.69, 9.17) is 9.47 Å². The van der Waals surface area contributed by atoms with E-state index < -0.39 is 23.8 Å². The molecule has 0 saturated carbocycles. The van der Waals surface area contributed by atoms with Crippen LogP contribution in [0.1, 0.15) is 66.9 Å². The van der Waals surface area contributed by atoms with Gasteiger partial charge in [-0.1, -0.05) is 80.3 Å². The van der Waals surface area contributed by atoms with Crippen LogP contribution in [0.25, 0.3) is 0 Å². The zero-order chi connectivity index (χ0) is 26.3. The Morgan fingerprint density at radius 1 is 0.838 bits per heavy atom. The summed E-state index contributed by atoms with van der Waals surface area (Å²) < 4.78 is 50.4. The molecule has 0 spiro atoms. The number of unbranched alkanes of at least 4 members (excludes halogenated alkanes) is 5. The summed E-state index contributed by atoms with van der Waals surface area (Å²) in [4.78, 5) is 12.5. The van der Waals surface area contributed by atoms with Crippen LogP contribution in [0.2, 0.25) is 0 Å². The van der Waals surface area contributed by atoms with Crippen LogP contribution in [0.15, 0.2) is 77.3 Å². The molecule has 4 rings (SSSR count). The third-order valence-electron chi connectivity index (χ3n) is 6.55. The second-order valence-corrected chi connectivity index (χ2v) is 10.2. The normalized spacial score (nSPS) is 17.0. The predicted molar refractivity (Wildman–Crippen MR) is 140 cm³/mol. The third kappa shape index (κ3) is 7.92. The first-order valence-corrected chi connectivity index (χ1v) is 13.5. The van der Waals surface area contributed by atoms with E-state index in [1.165, 1.54) is 17.7 Å². The number of benzene rings is 3. The van der Waals surface area contributed by atoms with Gasteiger partial charge in [-0.2, -0.15) is 13.2 Å². The summed E-state index contributed by atoms with van der Waals surface area (Å²) in [5.41, 5.74) is 2.40. The molecule has 3 nitrogen and oxygen atoms in total. The standard InChI is InChI=1S/C30H30BrF3O3/c31-25-18-9-10-19-26(25)36-29(35)28-27(37-28)24-17-8-7-15-22(24)14-6-4-2-1-3-5-12-21-13-11-16-23(20-21)30(32,33)34/h7-11,13,15-20,27-28H,1-6,12,14H2/t27-,28+/m0/s1. The van der Waals surface area contributed by atoms with E-state index >= 15 is 0 Å². The fourth-order valence-electron chi connectivity index (χ4n) is 4.52. The second-order valence-electron chi connectivity index (χ2n) is 9.35. The van der Waals surface area contributed by atoms with Crippen molar-refractivity contribution in [2.24, 2.45) is 0 Å². The van der Waals surface area contributed by atoms with Crippen LogP contribution in [-0.2, 0) is 28.5 Å². The number of halogens is 4. The quantitative estimate of drug-likeness (QED) is 0.0940. The van der Waals surface area contributed by atoms with Gasteiger partial charge in [-0.15, -0.1) is 0 Å². The Balaban J connectivity index is 1.15. The fraction of sp³-hybridized carbons (Fsp3) is 0.367. The molecule has 1 saturated heterocycles. The van der Waals surface area contributed by atoms with Crippen LogP contribution in [0.3, 0.4) is 0 Å². The van der Waals surface area contributed by atoms with Gasteiger partial charge in [0.2, 0.25) is 0 Å². The lowest BCUT2D eigenvalue weighted by Crippen LogP contribution is -2.16. The molecule has 1 aliphatic rings. The molecule has 0 aliphatic carbocycles. The van der Waals surface area contributed by atoms with Crippen LogP contribution in [0.5, 0.6) is 5.75 Å². The van der Waals surface area contributed by atoms with Gasteiger partial charge in [-0.3, -0.25) is 0 Å². The average molecular weight is 575 g/mol. The SMILES string of the molecule is O=C(Oc1ccccc1Br)[C@@H]1O[C@H]1c1ccccc1CCCCCCCCc1cccc(C(F)(F)F)c1. The first-order chi connectivity index (χ1) is 17.8. The lowest BCUT2D eigenvalue weighted by atomic mass is 9.97. The Morgan fingerprint density at radius 2 is 1.51 bits per heavy atom. The van der Waals surface area contributed by atoms with Gasteiger partial charge in [0.1, 0.15) is 11.9 Å². The molecule has 0 N–H and O–H groups in total. The number of rotatable bonds is 12. The summed E-state index contributed by atoms with van der Waals surface area (Å²) in [5.74, 6) is 0.0849. The van der Waals surface area contributed by atoms with Crippen molar-refractivity contribution >= 4 is 21.9 Å². The maximum absolute atomic E-state index is 12.8. The molecule has 3 aromatic carbocycles. The topological polar surface area (TPSA) is 38.8 Å². The number of hydrogen-bond acceptors (Lipinski definition) is 3.